The fourth-order valence-corrected chi connectivity index (χ4v) is 4.43. The number of hydrogen-bond acceptors (Lipinski definition) is 4. The summed E-state index contributed by atoms with van der Waals surface area (Å²) in [6, 6.07) is 7.98. The molecule has 2 amide bonds. The Morgan fingerprint density at radius 3 is 2.59 bits per heavy atom. The number of rotatable bonds is 6. The minimum atomic E-state index is -0.832. The number of nitrogens with zero attached hydrogens (tertiary/aromatic N) is 2. The van der Waals surface area contributed by atoms with E-state index in [1.54, 1.807) is 23.8 Å². The molecule has 2 aliphatic rings. The van der Waals surface area contributed by atoms with Crippen LogP contribution in [0.4, 0.5) is 5.69 Å². The van der Waals surface area contributed by atoms with Gasteiger partial charge in [0.05, 0.1) is 5.92 Å². The number of carbonyl (C=O) groups is 3. The molecular formula is C23H32N2O4. The molecule has 0 bridgehead atoms. The normalized spacial score (nSPS) is 21.1. The molecule has 2 fully saturated rings. The molecule has 1 saturated heterocycles. The first-order chi connectivity index (χ1) is 13.9. The minimum absolute atomic E-state index is 0.0776. The van der Waals surface area contributed by atoms with Gasteiger partial charge in [-0.2, -0.15) is 0 Å². The first-order valence-corrected chi connectivity index (χ1v) is 10.8. The Morgan fingerprint density at radius 1 is 1.21 bits per heavy atom. The Hall–Kier alpha value is -2.37. The van der Waals surface area contributed by atoms with E-state index in [0.29, 0.717) is 6.54 Å². The van der Waals surface area contributed by atoms with E-state index in [2.05, 4.69) is 0 Å². The summed E-state index contributed by atoms with van der Waals surface area (Å²) in [4.78, 5) is 41.3. The number of para-hydroxylation sites is 1. The van der Waals surface area contributed by atoms with Crippen LogP contribution in [-0.2, 0) is 25.5 Å². The van der Waals surface area contributed by atoms with Crippen LogP contribution in [0, 0.1) is 5.92 Å². The fraction of sp³-hybridized carbons (Fsp3) is 0.609. The van der Waals surface area contributed by atoms with Crippen LogP contribution >= 0.6 is 0 Å². The van der Waals surface area contributed by atoms with Gasteiger partial charge in [-0.05, 0) is 37.8 Å². The topological polar surface area (TPSA) is 66.9 Å². The molecule has 29 heavy (non-hydrogen) atoms. The van der Waals surface area contributed by atoms with E-state index in [1.807, 2.05) is 31.2 Å². The maximum atomic E-state index is 12.7. The van der Waals surface area contributed by atoms with Crippen molar-refractivity contribution in [1.82, 2.24) is 4.90 Å². The number of hydrogen-bond donors (Lipinski definition) is 0. The predicted octanol–water partition coefficient (Wildman–Crippen LogP) is 3.32. The van der Waals surface area contributed by atoms with Crippen molar-refractivity contribution in [1.29, 1.82) is 0 Å². The van der Waals surface area contributed by atoms with Gasteiger partial charge in [0.2, 0.25) is 5.91 Å². The van der Waals surface area contributed by atoms with Crippen molar-refractivity contribution in [2.24, 2.45) is 5.92 Å². The number of esters is 1. The van der Waals surface area contributed by atoms with E-state index in [4.69, 9.17) is 4.74 Å². The highest BCUT2D eigenvalue weighted by molar-refractivity contribution is 6.00. The van der Waals surface area contributed by atoms with Gasteiger partial charge in [-0.15, -0.1) is 0 Å². The third kappa shape index (κ3) is 4.80. The number of likely N-dealkylation sites (N-methyl/N-ethyl adjacent to an activating group) is 1. The van der Waals surface area contributed by atoms with Crippen LogP contribution in [0.3, 0.4) is 0 Å². The molecule has 1 aliphatic heterocycles. The van der Waals surface area contributed by atoms with Gasteiger partial charge < -0.3 is 14.5 Å². The summed E-state index contributed by atoms with van der Waals surface area (Å²) in [5.74, 6) is -1.25. The average Bonchev–Trinajstić information content (AvgIpc) is 3.14. The van der Waals surface area contributed by atoms with Crippen molar-refractivity contribution in [3.05, 3.63) is 29.8 Å². The fourth-order valence-electron chi connectivity index (χ4n) is 4.43. The monoisotopic (exact) mass is 400 g/mol. The van der Waals surface area contributed by atoms with Crippen molar-refractivity contribution in [3.8, 4) is 0 Å². The van der Waals surface area contributed by atoms with Gasteiger partial charge in [0, 0.05) is 31.7 Å². The van der Waals surface area contributed by atoms with Gasteiger partial charge in [-0.3, -0.25) is 14.4 Å². The third-order valence-corrected chi connectivity index (χ3v) is 6.23. The highest BCUT2D eigenvalue weighted by Crippen LogP contribution is 2.29. The van der Waals surface area contributed by atoms with Crippen molar-refractivity contribution in [2.45, 2.75) is 70.9 Å². The Kier molecular flexibility index (Phi) is 6.93. The van der Waals surface area contributed by atoms with Crippen LogP contribution in [0.2, 0.25) is 0 Å². The van der Waals surface area contributed by atoms with Gasteiger partial charge in [-0.1, -0.05) is 44.4 Å². The summed E-state index contributed by atoms with van der Waals surface area (Å²) in [6.07, 6.45) is 5.60. The quantitative estimate of drug-likeness (QED) is 0.687. The second-order valence-electron chi connectivity index (χ2n) is 8.21. The molecule has 2 atom stereocenters. The van der Waals surface area contributed by atoms with E-state index in [0.717, 1.165) is 43.4 Å². The maximum absolute atomic E-state index is 12.7. The molecule has 3 rings (SSSR count). The molecule has 158 valence electrons. The number of aryl methyl sites for hydroxylation is 1. The van der Waals surface area contributed by atoms with Gasteiger partial charge in [0.1, 0.15) is 0 Å². The highest BCUT2D eigenvalue weighted by Gasteiger charge is 2.38. The Labute approximate surface area is 173 Å². The molecule has 1 aromatic rings. The third-order valence-electron chi connectivity index (χ3n) is 6.23. The molecule has 0 radical (unpaired) electrons. The van der Waals surface area contributed by atoms with Crippen molar-refractivity contribution >= 4 is 23.5 Å². The van der Waals surface area contributed by atoms with Crippen LogP contribution in [-0.4, -0.2) is 48.4 Å². The Morgan fingerprint density at radius 2 is 1.90 bits per heavy atom. The zero-order valence-electron chi connectivity index (χ0n) is 17.7. The molecule has 6 heteroatoms. The highest BCUT2D eigenvalue weighted by atomic mass is 16.5. The van der Waals surface area contributed by atoms with Gasteiger partial charge in [0.25, 0.3) is 5.91 Å². The van der Waals surface area contributed by atoms with Gasteiger partial charge in [0.15, 0.2) is 6.10 Å². The van der Waals surface area contributed by atoms with Crippen LogP contribution in [0.5, 0.6) is 0 Å². The molecule has 1 aliphatic carbocycles. The number of ether oxygens (including phenoxy) is 1. The Balaban J connectivity index is 1.59. The lowest BCUT2D eigenvalue weighted by Gasteiger charge is -2.32. The first-order valence-electron chi connectivity index (χ1n) is 10.8. The number of benzene rings is 1. The number of amides is 2. The molecule has 1 heterocycles. The second kappa shape index (κ2) is 9.42. The van der Waals surface area contributed by atoms with Crippen LogP contribution in [0.15, 0.2) is 24.3 Å². The summed E-state index contributed by atoms with van der Waals surface area (Å²) in [5.41, 5.74) is 1.93. The molecule has 0 unspecified atom stereocenters. The van der Waals surface area contributed by atoms with E-state index in [-0.39, 0.29) is 24.3 Å². The SMILES string of the molecule is CCc1ccccc1N1C[C@@H](C(=O)O[C@@H](C)C(=O)N(C)C2CCCCC2)CC1=O. The number of carbonyl (C=O) groups excluding carboxylic acids is 3. The van der Waals surface area contributed by atoms with Gasteiger partial charge >= 0.3 is 5.97 Å². The van der Waals surface area contributed by atoms with E-state index in [1.165, 1.54) is 6.42 Å². The molecule has 0 N–H and O–H groups in total. The summed E-state index contributed by atoms with van der Waals surface area (Å²) in [5, 5.41) is 0. The van der Waals surface area contributed by atoms with Crippen molar-refractivity contribution in [3.63, 3.8) is 0 Å². The number of anilines is 1. The summed E-state index contributed by atoms with van der Waals surface area (Å²) in [7, 11) is 1.80. The molecule has 6 nitrogen and oxygen atoms in total. The lowest BCUT2D eigenvalue weighted by molar-refractivity contribution is -0.162. The zero-order valence-corrected chi connectivity index (χ0v) is 17.7. The lowest BCUT2D eigenvalue weighted by atomic mass is 9.94. The largest absolute Gasteiger partial charge is 0.452 e. The van der Waals surface area contributed by atoms with Crippen molar-refractivity contribution in [2.75, 3.05) is 18.5 Å². The first kappa shape index (κ1) is 21.3. The van der Waals surface area contributed by atoms with Crippen LogP contribution in [0.25, 0.3) is 0 Å². The Bertz CT molecular complexity index is 757. The van der Waals surface area contributed by atoms with Gasteiger partial charge in [-0.25, -0.2) is 0 Å². The summed E-state index contributed by atoms with van der Waals surface area (Å²) in [6.45, 7) is 3.97. The smallest absolute Gasteiger partial charge is 0.312 e. The maximum Gasteiger partial charge on any atom is 0.312 e. The van der Waals surface area contributed by atoms with E-state index < -0.39 is 18.0 Å². The molecule has 1 saturated carbocycles. The van der Waals surface area contributed by atoms with E-state index in [9.17, 15) is 14.4 Å². The van der Waals surface area contributed by atoms with Crippen molar-refractivity contribution < 1.29 is 19.1 Å². The second-order valence-corrected chi connectivity index (χ2v) is 8.21. The summed E-state index contributed by atoms with van der Waals surface area (Å²) >= 11 is 0. The predicted molar refractivity (Wildman–Crippen MR) is 111 cm³/mol. The van der Waals surface area contributed by atoms with Crippen LogP contribution in [0.1, 0.15) is 57.9 Å². The van der Waals surface area contributed by atoms with Crippen LogP contribution < -0.4 is 4.90 Å². The van der Waals surface area contributed by atoms with E-state index >= 15 is 0 Å². The molecule has 1 aromatic carbocycles. The standard InChI is InChI=1S/C23H32N2O4/c1-4-17-10-8-9-13-20(17)25-15-18(14-21(25)26)23(28)29-16(2)22(27)24(3)19-11-6-5-7-12-19/h8-10,13,16,18-19H,4-7,11-12,14-15H2,1-3H3/t16-,18-/m0/s1. The molecular weight excluding hydrogens is 368 g/mol. The molecule has 0 spiro atoms. The average molecular weight is 401 g/mol. The summed E-state index contributed by atoms with van der Waals surface area (Å²) < 4.78 is 5.49. The zero-order chi connectivity index (χ0) is 21.0. The lowest BCUT2D eigenvalue weighted by Crippen LogP contribution is -2.44. The minimum Gasteiger partial charge on any atom is -0.452 e. The molecule has 0 aromatic heterocycles.